The highest BCUT2D eigenvalue weighted by atomic mass is 35.5. The van der Waals surface area contributed by atoms with Crippen molar-refractivity contribution in [2.75, 3.05) is 30.4 Å². The first kappa shape index (κ1) is 19.7. The number of benzene rings is 2. The zero-order valence-electron chi connectivity index (χ0n) is 15.3. The van der Waals surface area contributed by atoms with E-state index in [1.807, 2.05) is 0 Å². The molecule has 1 saturated heterocycles. The van der Waals surface area contributed by atoms with Gasteiger partial charge in [-0.1, -0.05) is 11.6 Å². The van der Waals surface area contributed by atoms with Crippen LogP contribution in [0.4, 0.5) is 11.4 Å². The number of ether oxygens (including phenoxy) is 1. The molecule has 1 aliphatic heterocycles. The summed E-state index contributed by atoms with van der Waals surface area (Å²) in [4.78, 5) is 37.7. The van der Waals surface area contributed by atoms with E-state index < -0.39 is 0 Å². The number of rotatable bonds is 6. The minimum absolute atomic E-state index is 0.0416. The number of nitrogens with one attached hydrogen (secondary N) is 2. The van der Waals surface area contributed by atoms with Gasteiger partial charge >= 0.3 is 0 Å². The lowest BCUT2D eigenvalue weighted by Crippen LogP contribution is -2.32. The van der Waals surface area contributed by atoms with E-state index in [4.69, 9.17) is 16.3 Å². The van der Waals surface area contributed by atoms with E-state index in [-0.39, 0.29) is 24.3 Å². The maximum Gasteiger partial charge on any atom is 0.251 e. The van der Waals surface area contributed by atoms with Crippen molar-refractivity contribution in [1.82, 2.24) is 5.32 Å². The molecule has 3 rings (SSSR count). The second-order valence-electron chi connectivity index (χ2n) is 6.27. The molecule has 28 heavy (non-hydrogen) atoms. The molecule has 0 spiro atoms. The predicted octanol–water partition coefficient (Wildman–Crippen LogP) is 2.84. The van der Waals surface area contributed by atoms with Crippen molar-refractivity contribution in [2.24, 2.45) is 0 Å². The average molecular weight is 402 g/mol. The molecule has 1 fully saturated rings. The Balaban J connectivity index is 1.55. The molecule has 2 N–H and O–H groups in total. The maximum atomic E-state index is 12.1. The standard InChI is InChI=1S/C20H20ClN3O4/c1-28-15-7-4-13(5-8-15)20(27)22-12-18(25)23-14-6-9-17(16(21)11-14)24-10-2-3-19(24)26/h4-9,11H,2-3,10,12H2,1H3,(H,22,27)(H,23,25). The Morgan fingerprint density at radius 1 is 1.18 bits per heavy atom. The third-order valence-corrected chi connectivity index (χ3v) is 4.66. The maximum absolute atomic E-state index is 12.1. The Bertz CT molecular complexity index is 899. The van der Waals surface area contributed by atoms with Crippen molar-refractivity contribution in [3.05, 3.63) is 53.1 Å². The summed E-state index contributed by atoms with van der Waals surface area (Å²) in [6.45, 7) is 0.455. The molecule has 0 aliphatic carbocycles. The monoisotopic (exact) mass is 401 g/mol. The summed E-state index contributed by atoms with van der Waals surface area (Å²) in [6, 6.07) is 11.5. The summed E-state index contributed by atoms with van der Waals surface area (Å²) in [7, 11) is 1.54. The molecule has 3 amide bonds. The highest BCUT2D eigenvalue weighted by Crippen LogP contribution is 2.31. The van der Waals surface area contributed by atoms with Gasteiger partial charge in [0.15, 0.2) is 0 Å². The summed E-state index contributed by atoms with van der Waals surface area (Å²) in [5.74, 6) is -0.0631. The molecule has 146 valence electrons. The average Bonchev–Trinajstić information content (AvgIpc) is 3.12. The molecule has 0 aromatic heterocycles. The number of methoxy groups -OCH3 is 1. The summed E-state index contributed by atoms with van der Waals surface area (Å²) in [6.07, 6.45) is 1.32. The number of halogens is 1. The van der Waals surface area contributed by atoms with Gasteiger partial charge in [0.25, 0.3) is 5.91 Å². The fourth-order valence-electron chi connectivity index (χ4n) is 2.92. The van der Waals surface area contributed by atoms with E-state index in [1.54, 1.807) is 54.5 Å². The SMILES string of the molecule is COc1ccc(C(=O)NCC(=O)Nc2ccc(N3CCCC3=O)c(Cl)c2)cc1. The minimum Gasteiger partial charge on any atom is -0.497 e. The molecule has 7 nitrogen and oxygen atoms in total. The molecule has 2 aromatic carbocycles. The number of hydrogen-bond donors (Lipinski definition) is 2. The van der Waals surface area contributed by atoms with E-state index in [0.29, 0.717) is 40.7 Å². The van der Waals surface area contributed by atoms with E-state index in [1.165, 1.54) is 0 Å². The van der Waals surface area contributed by atoms with Crippen LogP contribution in [0.25, 0.3) is 0 Å². The smallest absolute Gasteiger partial charge is 0.251 e. The Hall–Kier alpha value is -3.06. The fraction of sp³-hybridized carbons (Fsp3) is 0.250. The van der Waals surface area contributed by atoms with Gasteiger partial charge in [-0.05, 0) is 48.9 Å². The van der Waals surface area contributed by atoms with Crippen molar-refractivity contribution < 1.29 is 19.1 Å². The zero-order chi connectivity index (χ0) is 20.1. The summed E-state index contributed by atoms with van der Waals surface area (Å²) < 4.78 is 5.04. The van der Waals surface area contributed by atoms with Crippen LogP contribution >= 0.6 is 11.6 Å². The fourth-order valence-corrected chi connectivity index (χ4v) is 3.20. The van der Waals surface area contributed by atoms with Crippen LogP contribution in [0.1, 0.15) is 23.2 Å². The van der Waals surface area contributed by atoms with Crippen LogP contribution in [0.15, 0.2) is 42.5 Å². The quantitative estimate of drug-likeness (QED) is 0.779. The van der Waals surface area contributed by atoms with Crippen molar-refractivity contribution in [2.45, 2.75) is 12.8 Å². The van der Waals surface area contributed by atoms with Gasteiger partial charge in [0.2, 0.25) is 11.8 Å². The van der Waals surface area contributed by atoms with Crippen LogP contribution in [-0.4, -0.2) is 37.9 Å². The molecule has 2 aromatic rings. The van der Waals surface area contributed by atoms with Gasteiger partial charge in [-0.25, -0.2) is 0 Å². The van der Waals surface area contributed by atoms with E-state index >= 15 is 0 Å². The van der Waals surface area contributed by atoms with Gasteiger partial charge in [0.1, 0.15) is 5.75 Å². The van der Waals surface area contributed by atoms with E-state index in [9.17, 15) is 14.4 Å². The number of anilines is 2. The number of carbonyl (C=O) groups is 3. The predicted molar refractivity (Wildman–Crippen MR) is 107 cm³/mol. The van der Waals surface area contributed by atoms with Crippen molar-refractivity contribution in [1.29, 1.82) is 0 Å². The normalized spacial score (nSPS) is 13.4. The van der Waals surface area contributed by atoms with Gasteiger partial charge in [0, 0.05) is 24.2 Å². The Labute approximate surface area is 167 Å². The van der Waals surface area contributed by atoms with Crippen LogP contribution < -0.4 is 20.3 Å². The largest absolute Gasteiger partial charge is 0.497 e. The van der Waals surface area contributed by atoms with Gasteiger partial charge < -0.3 is 20.3 Å². The number of carbonyl (C=O) groups excluding carboxylic acids is 3. The number of amides is 3. The van der Waals surface area contributed by atoms with Crippen LogP contribution in [-0.2, 0) is 9.59 Å². The molecule has 1 aliphatic rings. The first-order valence-corrected chi connectivity index (χ1v) is 9.18. The lowest BCUT2D eigenvalue weighted by molar-refractivity contribution is -0.117. The lowest BCUT2D eigenvalue weighted by Gasteiger charge is -2.18. The van der Waals surface area contributed by atoms with Crippen molar-refractivity contribution in [3.63, 3.8) is 0 Å². The minimum atomic E-state index is -0.386. The number of nitrogens with zero attached hydrogens (tertiary/aromatic N) is 1. The lowest BCUT2D eigenvalue weighted by atomic mass is 10.2. The molecular formula is C20H20ClN3O4. The van der Waals surface area contributed by atoms with Crippen LogP contribution in [0.2, 0.25) is 5.02 Å². The van der Waals surface area contributed by atoms with Gasteiger partial charge in [-0.3, -0.25) is 14.4 Å². The first-order chi connectivity index (χ1) is 13.5. The van der Waals surface area contributed by atoms with E-state index in [0.717, 1.165) is 6.42 Å². The molecule has 0 atom stereocenters. The van der Waals surface area contributed by atoms with Crippen LogP contribution in [0, 0.1) is 0 Å². The third kappa shape index (κ3) is 4.61. The highest BCUT2D eigenvalue weighted by Gasteiger charge is 2.23. The molecule has 0 unspecified atom stereocenters. The molecule has 0 radical (unpaired) electrons. The second kappa shape index (κ2) is 8.75. The Morgan fingerprint density at radius 2 is 1.93 bits per heavy atom. The summed E-state index contributed by atoms with van der Waals surface area (Å²) >= 11 is 6.27. The molecule has 0 bridgehead atoms. The van der Waals surface area contributed by atoms with E-state index in [2.05, 4.69) is 10.6 Å². The molecule has 1 heterocycles. The van der Waals surface area contributed by atoms with Gasteiger partial charge in [0.05, 0.1) is 24.4 Å². The summed E-state index contributed by atoms with van der Waals surface area (Å²) in [5, 5.41) is 5.62. The zero-order valence-corrected chi connectivity index (χ0v) is 16.1. The Morgan fingerprint density at radius 3 is 2.54 bits per heavy atom. The first-order valence-electron chi connectivity index (χ1n) is 8.80. The topological polar surface area (TPSA) is 87.7 Å². The van der Waals surface area contributed by atoms with Crippen molar-refractivity contribution in [3.8, 4) is 5.75 Å². The van der Waals surface area contributed by atoms with Crippen molar-refractivity contribution >= 4 is 40.7 Å². The van der Waals surface area contributed by atoms with Crippen LogP contribution in [0.5, 0.6) is 5.75 Å². The summed E-state index contributed by atoms with van der Waals surface area (Å²) in [5.41, 5.74) is 1.55. The van der Waals surface area contributed by atoms with Crippen LogP contribution in [0.3, 0.4) is 0 Å². The third-order valence-electron chi connectivity index (χ3n) is 4.36. The molecular weight excluding hydrogens is 382 g/mol. The highest BCUT2D eigenvalue weighted by molar-refractivity contribution is 6.34. The van der Waals surface area contributed by atoms with Gasteiger partial charge in [-0.2, -0.15) is 0 Å². The number of hydrogen-bond acceptors (Lipinski definition) is 4. The molecule has 8 heteroatoms. The Kier molecular flexibility index (Phi) is 6.16. The van der Waals surface area contributed by atoms with Gasteiger partial charge in [-0.15, -0.1) is 0 Å². The molecule has 0 saturated carbocycles. The second-order valence-corrected chi connectivity index (χ2v) is 6.68.